The van der Waals surface area contributed by atoms with Crippen LogP contribution >= 0.6 is 11.6 Å². The van der Waals surface area contributed by atoms with Crippen molar-refractivity contribution in [2.75, 3.05) is 44.9 Å². The van der Waals surface area contributed by atoms with E-state index >= 15 is 0 Å². The molecule has 1 fully saturated rings. The lowest BCUT2D eigenvalue weighted by atomic mass is 10.1. The van der Waals surface area contributed by atoms with Crippen LogP contribution in [0.15, 0.2) is 12.1 Å². The monoisotopic (exact) mass is 297 g/mol. The van der Waals surface area contributed by atoms with Crippen LogP contribution in [0.1, 0.15) is 16.8 Å². The number of nitrogen functional groups attached to an aromatic ring is 1. The van der Waals surface area contributed by atoms with E-state index in [1.54, 1.807) is 12.1 Å². The van der Waals surface area contributed by atoms with E-state index in [4.69, 9.17) is 22.1 Å². The lowest BCUT2D eigenvalue weighted by molar-refractivity contribution is 0.0601. The zero-order valence-corrected chi connectivity index (χ0v) is 12.8. The minimum atomic E-state index is -0.414. The summed E-state index contributed by atoms with van der Waals surface area (Å²) in [5, 5.41) is 0.491. The summed E-state index contributed by atoms with van der Waals surface area (Å²) in [5.74, 6) is -0.414. The number of anilines is 2. The molecule has 0 amide bonds. The zero-order valence-electron chi connectivity index (χ0n) is 12.0. The van der Waals surface area contributed by atoms with Crippen molar-refractivity contribution in [3.8, 4) is 0 Å². The highest BCUT2D eigenvalue weighted by atomic mass is 35.5. The van der Waals surface area contributed by atoms with Gasteiger partial charge in [-0.25, -0.2) is 4.79 Å². The molecule has 0 aromatic heterocycles. The molecule has 0 saturated carbocycles. The van der Waals surface area contributed by atoms with Crippen molar-refractivity contribution in [1.29, 1.82) is 0 Å². The van der Waals surface area contributed by atoms with Gasteiger partial charge in [-0.2, -0.15) is 0 Å². The SMILES string of the molecule is COC(=O)c1cc(N)cc(Cl)c1N1CCC(N(C)C)C1. The Labute approximate surface area is 124 Å². The third kappa shape index (κ3) is 2.83. The minimum Gasteiger partial charge on any atom is -0.465 e. The van der Waals surface area contributed by atoms with Gasteiger partial charge >= 0.3 is 5.97 Å². The highest BCUT2D eigenvalue weighted by Gasteiger charge is 2.29. The number of ether oxygens (including phenoxy) is 1. The summed E-state index contributed by atoms with van der Waals surface area (Å²) >= 11 is 6.30. The van der Waals surface area contributed by atoms with Gasteiger partial charge in [0.1, 0.15) is 0 Å². The Morgan fingerprint density at radius 2 is 2.20 bits per heavy atom. The molecular weight excluding hydrogens is 278 g/mol. The molecule has 0 spiro atoms. The van der Waals surface area contributed by atoms with Gasteiger partial charge < -0.3 is 20.3 Å². The summed E-state index contributed by atoms with van der Waals surface area (Å²) in [6.07, 6.45) is 1.04. The Balaban J connectivity index is 2.38. The molecule has 0 aliphatic carbocycles. The van der Waals surface area contributed by atoms with Gasteiger partial charge in [0.2, 0.25) is 0 Å². The first-order chi connectivity index (χ1) is 9.43. The zero-order chi connectivity index (χ0) is 14.9. The van der Waals surface area contributed by atoms with Gasteiger partial charge in [0.05, 0.1) is 23.4 Å². The largest absolute Gasteiger partial charge is 0.465 e. The number of hydrogen-bond donors (Lipinski definition) is 1. The molecule has 0 radical (unpaired) electrons. The Kier molecular flexibility index (Phi) is 4.40. The van der Waals surface area contributed by atoms with E-state index in [9.17, 15) is 4.79 Å². The maximum Gasteiger partial charge on any atom is 0.340 e. The number of carbonyl (C=O) groups is 1. The molecule has 0 bridgehead atoms. The summed E-state index contributed by atoms with van der Waals surface area (Å²) in [5.41, 5.74) is 7.38. The summed E-state index contributed by atoms with van der Waals surface area (Å²) in [4.78, 5) is 16.2. The molecule has 2 rings (SSSR count). The molecule has 1 aromatic carbocycles. The van der Waals surface area contributed by atoms with Crippen LogP contribution < -0.4 is 10.6 Å². The summed E-state index contributed by atoms with van der Waals surface area (Å²) in [6.45, 7) is 1.69. The highest BCUT2D eigenvalue weighted by Crippen LogP contribution is 2.35. The molecule has 1 atom stereocenters. The van der Waals surface area contributed by atoms with Crippen LogP contribution in [0.2, 0.25) is 5.02 Å². The van der Waals surface area contributed by atoms with E-state index in [2.05, 4.69) is 23.9 Å². The predicted octanol–water partition coefficient (Wildman–Crippen LogP) is 1.85. The van der Waals surface area contributed by atoms with Gasteiger partial charge in [0.15, 0.2) is 0 Å². The van der Waals surface area contributed by atoms with Gasteiger partial charge in [-0.15, -0.1) is 0 Å². The Bertz CT molecular complexity index is 519. The first-order valence-electron chi connectivity index (χ1n) is 6.52. The van der Waals surface area contributed by atoms with Crippen molar-refractivity contribution >= 4 is 28.9 Å². The molecule has 2 N–H and O–H groups in total. The molecule has 1 unspecified atom stereocenters. The molecule has 1 aliphatic heterocycles. The summed E-state index contributed by atoms with van der Waals surface area (Å²) < 4.78 is 4.83. The van der Waals surface area contributed by atoms with Gasteiger partial charge in [0, 0.05) is 24.8 Å². The van der Waals surface area contributed by atoms with Crippen molar-refractivity contribution in [3.63, 3.8) is 0 Å². The topological polar surface area (TPSA) is 58.8 Å². The number of methoxy groups -OCH3 is 1. The summed E-state index contributed by atoms with van der Waals surface area (Å²) in [6, 6.07) is 3.75. The van der Waals surface area contributed by atoms with Crippen molar-refractivity contribution in [2.24, 2.45) is 0 Å². The van der Waals surface area contributed by atoms with Gasteiger partial charge in [-0.1, -0.05) is 11.6 Å². The second-order valence-electron chi connectivity index (χ2n) is 5.24. The Morgan fingerprint density at radius 1 is 1.50 bits per heavy atom. The maximum atomic E-state index is 11.9. The molecule has 20 heavy (non-hydrogen) atoms. The molecule has 5 nitrogen and oxygen atoms in total. The van der Waals surface area contributed by atoms with Crippen LogP contribution in [0.4, 0.5) is 11.4 Å². The van der Waals surface area contributed by atoms with Crippen molar-refractivity contribution in [2.45, 2.75) is 12.5 Å². The standard InChI is InChI=1S/C14H20ClN3O2/c1-17(2)10-4-5-18(8-10)13-11(14(19)20-3)6-9(16)7-12(13)15/h6-7,10H,4-5,8,16H2,1-3H3. The number of nitrogens with zero attached hydrogens (tertiary/aromatic N) is 2. The molecule has 6 heteroatoms. The number of rotatable bonds is 3. The fourth-order valence-corrected chi connectivity index (χ4v) is 2.92. The van der Waals surface area contributed by atoms with Crippen LogP contribution in [-0.2, 0) is 4.74 Å². The van der Waals surface area contributed by atoms with Crippen LogP contribution in [0, 0.1) is 0 Å². The van der Waals surface area contributed by atoms with Crippen LogP contribution in [-0.4, -0.2) is 51.2 Å². The fraction of sp³-hybridized carbons (Fsp3) is 0.500. The molecule has 1 saturated heterocycles. The number of nitrogens with two attached hydrogens (primary N) is 1. The lowest BCUT2D eigenvalue weighted by Gasteiger charge is -2.24. The van der Waals surface area contributed by atoms with E-state index < -0.39 is 5.97 Å². The lowest BCUT2D eigenvalue weighted by Crippen LogP contribution is -2.32. The third-order valence-electron chi connectivity index (χ3n) is 3.70. The van der Waals surface area contributed by atoms with E-state index in [0.717, 1.165) is 25.2 Å². The van der Waals surface area contributed by atoms with Crippen LogP contribution in [0.3, 0.4) is 0 Å². The van der Waals surface area contributed by atoms with Crippen molar-refractivity contribution in [1.82, 2.24) is 4.90 Å². The normalized spacial score (nSPS) is 18.6. The molecule has 1 aliphatic rings. The van der Waals surface area contributed by atoms with Gasteiger partial charge in [0.25, 0.3) is 0 Å². The number of carbonyl (C=O) groups excluding carboxylic acids is 1. The first kappa shape index (κ1) is 14.9. The fourth-order valence-electron chi connectivity index (χ4n) is 2.57. The predicted molar refractivity (Wildman–Crippen MR) is 81.5 cm³/mol. The second kappa shape index (κ2) is 5.89. The van der Waals surface area contributed by atoms with Crippen LogP contribution in [0.25, 0.3) is 0 Å². The molecule has 1 aromatic rings. The number of likely N-dealkylation sites (N-methyl/N-ethyl adjacent to an activating group) is 1. The number of hydrogen-bond acceptors (Lipinski definition) is 5. The van der Waals surface area contributed by atoms with Crippen molar-refractivity contribution in [3.05, 3.63) is 22.7 Å². The number of esters is 1. The quantitative estimate of drug-likeness (QED) is 0.681. The minimum absolute atomic E-state index is 0.414. The van der Waals surface area contributed by atoms with Crippen LogP contribution in [0.5, 0.6) is 0 Å². The van der Waals surface area contributed by atoms with E-state index in [1.165, 1.54) is 7.11 Å². The number of benzene rings is 1. The smallest absolute Gasteiger partial charge is 0.340 e. The molecule has 1 heterocycles. The van der Waals surface area contributed by atoms with Gasteiger partial charge in [-0.05, 0) is 32.6 Å². The van der Waals surface area contributed by atoms with E-state index in [-0.39, 0.29) is 0 Å². The average Bonchev–Trinajstić information content (AvgIpc) is 2.86. The third-order valence-corrected chi connectivity index (χ3v) is 3.99. The molecular formula is C14H20ClN3O2. The molecule has 110 valence electrons. The summed E-state index contributed by atoms with van der Waals surface area (Å²) in [7, 11) is 5.47. The Hall–Kier alpha value is -1.46. The highest BCUT2D eigenvalue weighted by molar-refractivity contribution is 6.34. The Morgan fingerprint density at radius 3 is 2.75 bits per heavy atom. The maximum absolute atomic E-state index is 11.9. The number of halogens is 1. The van der Waals surface area contributed by atoms with Gasteiger partial charge in [-0.3, -0.25) is 0 Å². The van der Waals surface area contributed by atoms with E-state index in [0.29, 0.717) is 22.3 Å². The average molecular weight is 298 g/mol. The van der Waals surface area contributed by atoms with Crippen molar-refractivity contribution < 1.29 is 9.53 Å². The second-order valence-corrected chi connectivity index (χ2v) is 5.65. The van der Waals surface area contributed by atoms with E-state index in [1.807, 2.05) is 0 Å². The first-order valence-corrected chi connectivity index (χ1v) is 6.90.